The number of hydrogen-bond donors (Lipinski definition) is 1. The van der Waals surface area contributed by atoms with Crippen molar-refractivity contribution in [2.24, 2.45) is 5.10 Å². The van der Waals surface area contributed by atoms with E-state index in [1.165, 1.54) is 0 Å². The Morgan fingerprint density at radius 1 is 1.11 bits per heavy atom. The minimum atomic E-state index is 0.403. The molecular formula is C19H21N5O2S. The first-order valence-corrected chi connectivity index (χ1v) is 8.66. The Bertz CT molecular complexity index is 1010. The van der Waals surface area contributed by atoms with E-state index in [0.717, 1.165) is 16.8 Å². The lowest BCUT2D eigenvalue weighted by molar-refractivity contribution is 0.402. The molecule has 8 heteroatoms. The second-order valence-corrected chi connectivity index (χ2v) is 6.34. The topological polar surface area (TPSA) is 67.7 Å². The summed E-state index contributed by atoms with van der Waals surface area (Å²) in [6.45, 7) is 0. The van der Waals surface area contributed by atoms with Gasteiger partial charge in [-0.2, -0.15) is 14.9 Å². The highest BCUT2D eigenvalue weighted by Gasteiger charge is 2.09. The summed E-state index contributed by atoms with van der Waals surface area (Å²) in [5.74, 6) is 2.03. The molecule has 1 heterocycles. The van der Waals surface area contributed by atoms with Crippen LogP contribution < -0.4 is 14.4 Å². The third-order valence-electron chi connectivity index (χ3n) is 4.04. The number of aromatic amines is 1. The molecule has 7 nitrogen and oxygen atoms in total. The Labute approximate surface area is 162 Å². The van der Waals surface area contributed by atoms with E-state index in [4.69, 9.17) is 21.7 Å². The first-order valence-electron chi connectivity index (χ1n) is 8.25. The van der Waals surface area contributed by atoms with Gasteiger partial charge in [0.05, 0.1) is 20.4 Å². The normalized spacial score (nSPS) is 11.0. The summed E-state index contributed by atoms with van der Waals surface area (Å²) >= 11 is 5.33. The first kappa shape index (κ1) is 18.7. The van der Waals surface area contributed by atoms with E-state index in [1.54, 1.807) is 25.1 Å². The summed E-state index contributed by atoms with van der Waals surface area (Å²) in [7, 11) is 7.22. The molecular weight excluding hydrogens is 362 g/mol. The second kappa shape index (κ2) is 8.05. The summed E-state index contributed by atoms with van der Waals surface area (Å²) in [5, 5.41) is 11.6. The lowest BCUT2D eigenvalue weighted by Crippen LogP contribution is -2.08. The van der Waals surface area contributed by atoms with Crippen molar-refractivity contribution in [2.45, 2.75) is 0 Å². The van der Waals surface area contributed by atoms with E-state index in [0.29, 0.717) is 22.1 Å². The van der Waals surface area contributed by atoms with Gasteiger partial charge in [0.25, 0.3) is 0 Å². The van der Waals surface area contributed by atoms with Crippen LogP contribution in [0.3, 0.4) is 0 Å². The lowest BCUT2D eigenvalue weighted by Gasteiger charge is -2.12. The SMILES string of the molecule is COc1ccc(OC)c(/C=N/n2c(-c3ccc(N(C)C)cc3)n[nH]c2=S)c1. The van der Waals surface area contributed by atoms with Crippen molar-refractivity contribution in [3.8, 4) is 22.9 Å². The Morgan fingerprint density at radius 2 is 1.85 bits per heavy atom. The fraction of sp³-hybridized carbons (Fsp3) is 0.211. The van der Waals surface area contributed by atoms with E-state index >= 15 is 0 Å². The van der Waals surface area contributed by atoms with Crippen LogP contribution in [0.15, 0.2) is 47.6 Å². The maximum absolute atomic E-state index is 5.39. The zero-order valence-corrected chi connectivity index (χ0v) is 16.4. The monoisotopic (exact) mass is 383 g/mol. The van der Waals surface area contributed by atoms with Gasteiger partial charge < -0.3 is 14.4 Å². The fourth-order valence-electron chi connectivity index (χ4n) is 2.55. The number of nitrogens with one attached hydrogen (secondary N) is 1. The van der Waals surface area contributed by atoms with Crippen LogP contribution in [0.25, 0.3) is 11.4 Å². The number of hydrogen-bond acceptors (Lipinski definition) is 6. The van der Waals surface area contributed by atoms with E-state index in [9.17, 15) is 0 Å². The number of anilines is 1. The number of benzene rings is 2. The molecule has 0 saturated carbocycles. The molecule has 0 radical (unpaired) electrons. The van der Waals surface area contributed by atoms with Gasteiger partial charge in [0.15, 0.2) is 5.82 Å². The van der Waals surface area contributed by atoms with Crippen LogP contribution >= 0.6 is 12.2 Å². The van der Waals surface area contributed by atoms with Gasteiger partial charge in [-0.05, 0) is 54.7 Å². The molecule has 0 bridgehead atoms. The zero-order valence-electron chi connectivity index (χ0n) is 15.6. The molecule has 140 valence electrons. The molecule has 27 heavy (non-hydrogen) atoms. The average molecular weight is 383 g/mol. The van der Waals surface area contributed by atoms with Crippen molar-refractivity contribution >= 4 is 24.1 Å². The van der Waals surface area contributed by atoms with Gasteiger partial charge in [0.1, 0.15) is 11.5 Å². The third kappa shape index (κ3) is 4.01. The molecule has 3 rings (SSSR count). The molecule has 3 aromatic rings. The third-order valence-corrected chi connectivity index (χ3v) is 4.31. The molecule has 0 fully saturated rings. The van der Waals surface area contributed by atoms with Crippen LogP contribution in [0.4, 0.5) is 5.69 Å². The van der Waals surface area contributed by atoms with Gasteiger partial charge in [0, 0.05) is 30.9 Å². The molecule has 0 saturated heterocycles. The van der Waals surface area contributed by atoms with Crippen LogP contribution in [0.5, 0.6) is 11.5 Å². The van der Waals surface area contributed by atoms with Crippen LogP contribution in [-0.2, 0) is 0 Å². The highest BCUT2D eigenvalue weighted by Crippen LogP contribution is 2.24. The summed E-state index contributed by atoms with van der Waals surface area (Å²) < 4.78 is 12.6. The summed E-state index contributed by atoms with van der Waals surface area (Å²) in [4.78, 5) is 2.04. The molecule has 1 N–H and O–H groups in total. The molecule has 0 atom stereocenters. The highest BCUT2D eigenvalue weighted by molar-refractivity contribution is 7.71. The van der Waals surface area contributed by atoms with Crippen molar-refractivity contribution in [3.05, 3.63) is 52.8 Å². The maximum atomic E-state index is 5.39. The van der Waals surface area contributed by atoms with Crippen LogP contribution in [-0.4, -0.2) is 49.4 Å². The second-order valence-electron chi connectivity index (χ2n) is 5.96. The Hall–Kier alpha value is -3.13. The van der Waals surface area contributed by atoms with Gasteiger partial charge >= 0.3 is 0 Å². The average Bonchev–Trinajstić information content (AvgIpc) is 3.06. The minimum Gasteiger partial charge on any atom is -0.497 e. The van der Waals surface area contributed by atoms with Crippen LogP contribution in [0.2, 0.25) is 0 Å². The van der Waals surface area contributed by atoms with E-state index < -0.39 is 0 Å². The number of rotatable bonds is 6. The summed E-state index contributed by atoms with van der Waals surface area (Å²) in [5.41, 5.74) is 2.78. The predicted molar refractivity (Wildman–Crippen MR) is 110 cm³/mol. The van der Waals surface area contributed by atoms with Gasteiger partial charge in [0.2, 0.25) is 4.77 Å². The molecule has 0 aliphatic rings. The number of ether oxygens (including phenoxy) is 2. The minimum absolute atomic E-state index is 0.403. The van der Waals surface area contributed by atoms with E-state index in [-0.39, 0.29) is 0 Å². The Morgan fingerprint density at radius 3 is 2.48 bits per heavy atom. The molecule has 2 aromatic carbocycles. The van der Waals surface area contributed by atoms with Crippen molar-refractivity contribution in [1.29, 1.82) is 0 Å². The van der Waals surface area contributed by atoms with Gasteiger partial charge in [-0.3, -0.25) is 0 Å². The molecule has 0 aliphatic carbocycles. The molecule has 0 spiro atoms. The molecule has 0 amide bonds. The Kier molecular flexibility index (Phi) is 5.56. The van der Waals surface area contributed by atoms with Crippen molar-refractivity contribution in [1.82, 2.24) is 14.9 Å². The number of methoxy groups -OCH3 is 2. The quantitative estimate of drug-likeness (QED) is 0.521. The van der Waals surface area contributed by atoms with Crippen molar-refractivity contribution in [3.63, 3.8) is 0 Å². The number of nitrogens with zero attached hydrogens (tertiary/aromatic N) is 4. The predicted octanol–water partition coefficient (Wildman–Crippen LogP) is 3.57. The summed E-state index contributed by atoms with van der Waals surface area (Å²) in [6, 6.07) is 13.5. The standard InChI is InChI=1S/C19H21N5O2S/c1-23(2)15-7-5-13(6-8-15)18-21-22-19(27)24(18)20-12-14-11-16(25-3)9-10-17(14)26-4/h5-12H,1-4H3,(H,22,27)/b20-12+. The molecule has 1 aromatic heterocycles. The van der Waals surface area contributed by atoms with Gasteiger partial charge in [-0.1, -0.05) is 0 Å². The summed E-state index contributed by atoms with van der Waals surface area (Å²) in [6.07, 6.45) is 1.67. The fourth-order valence-corrected chi connectivity index (χ4v) is 2.73. The van der Waals surface area contributed by atoms with E-state index in [1.807, 2.05) is 61.5 Å². The first-order chi connectivity index (χ1) is 13.0. The van der Waals surface area contributed by atoms with Gasteiger partial charge in [-0.25, -0.2) is 5.10 Å². The zero-order chi connectivity index (χ0) is 19.4. The molecule has 0 unspecified atom stereocenters. The smallest absolute Gasteiger partial charge is 0.216 e. The van der Waals surface area contributed by atoms with Crippen LogP contribution in [0.1, 0.15) is 5.56 Å². The maximum Gasteiger partial charge on any atom is 0.216 e. The number of aromatic nitrogens is 3. The lowest BCUT2D eigenvalue weighted by atomic mass is 10.2. The van der Waals surface area contributed by atoms with Crippen molar-refractivity contribution in [2.75, 3.05) is 33.2 Å². The van der Waals surface area contributed by atoms with Crippen molar-refractivity contribution < 1.29 is 9.47 Å². The Balaban J connectivity index is 1.98. The van der Waals surface area contributed by atoms with Gasteiger partial charge in [-0.15, -0.1) is 0 Å². The van der Waals surface area contributed by atoms with E-state index in [2.05, 4.69) is 15.3 Å². The highest BCUT2D eigenvalue weighted by atomic mass is 32.1. The van der Waals surface area contributed by atoms with Crippen LogP contribution in [0, 0.1) is 4.77 Å². The number of H-pyrrole nitrogens is 1. The largest absolute Gasteiger partial charge is 0.497 e. The molecule has 0 aliphatic heterocycles.